The first-order valence-corrected chi connectivity index (χ1v) is 5.49. The summed E-state index contributed by atoms with van der Waals surface area (Å²) in [6.45, 7) is 2.96. The topological polar surface area (TPSA) is 58.3 Å². The van der Waals surface area contributed by atoms with E-state index in [9.17, 15) is 4.39 Å². The standard InChI is InChI=1S/C12H19FN2O/c1-9-3-4-10(7-11(9)13)12(8-14)15-5-2-6-16/h3-4,7,12,15-16H,2,5-6,8,14H2,1H3. The molecule has 1 unspecified atom stereocenters. The van der Waals surface area contributed by atoms with E-state index < -0.39 is 0 Å². The Morgan fingerprint density at radius 3 is 2.81 bits per heavy atom. The summed E-state index contributed by atoms with van der Waals surface area (Å²) in [5.41, 5.74) is 7.11. The van der Waals surface area contributed by atoms with E-state index in [0.29, 0.717) is 25.1 Å². The van der Waals surface area contributed by atoms with E-state index in [1.54, 1.807) is 13.0 Å². The maximum atomic E-state index is 13.4. The molecule has 0 aliphatic rings. The summed E-state index contributed by atoms with van der Waals surface area (Å²) in [7, 11) is 0. The Bertz CT molecular complexity index is 331. The SMILES string of the molecule is Cc1ccc(C(CN)NCCCO)cc1F. The zero-order valence-electron chi connectivity index (χ0n) is 9.54. The minimum Gasteiger partial charge on any atom is -0.396 e. The van der Waals surface area contributed by atoms with E-state index in [1.807, 2.05) is 6.07 Å². The number of rotatable bonds is 6. The Hall–Kier alpha value is -0.970. The van der Waals surface area contributed by atoms with Crippen molar-refractivity contribution in [2.75, 3.05) is 19.7 Å². The lowest BCUT2D eigenvalue weighted by atomic mass is 10.0. The van der Waals surface area contributed by atoms with Crippen LogP contribution in [-0.4, -0.2) is 24.8 Å². The summed E-state index contributed by atoms with van der Waals surface area (Å²) < 4.78 is 13.4. The molecule has 4 N–H and O–H groups in total. The van der Waals surface area contributed by atoms with Gasteiger partial charge in [0.05, 0.1) is 0 Å². The van der Waals surface area contributed by atoms with Crippen LogP contribution in [0.25, 0.3) is 0 Å². The maximum Gasteiger partial charge on any atom is 0.126 e. The molecule has 1 rings (SSSR count). The molecule has 0 aliphatic carbocycles. The van der Waals surface area contributed by atoms with Gasteiger partial charge in [-0.2, -0.15) is 0 Å². The van der Waals surface area contributed by atoms with Crippen LogP contribution in [0.2, 0.25) is 0 Å². The average molecular weight is 226 g/mol. The molecule has 0 saturated carbocycles. The van der Waals surface area contributed by atoms with Gasteiger partial charge < -0.3 is 16.2 Å². The second-order valence-electron chi connectivity index (χ2n) is 3.83. The molecule has 3 nitrogen and oxygen atoms in total. The fourth-order valence-corrected chi connectivity index (χ4v) is 1.52. The van der Waals surface area contributed by atoms with E-state index in [4.69, 9.17) is 10.8 Å². The fourth-order valence-electron chi connectivity index (χ4n) is 1.52. The zero-order valence-corrected chi connectivity index (χ0v) is 9.54. The number of aliphatic hydroxyl groups excluding tert-OH is 1. The van der Waals surface area contributed by atoms with Gasteiger partial charge in [0.25, 0.3) is 0 Å². The molecule has 16 heavy (non-hydrogen) atoms. The van der Waals surface area contributed by atoms with Gasteiger partial charge in [-0.25, -0.2) is 4.39 Å². The van der Waals surface area contributed by atoms with Crippen LogP contribution < -0.4 is 11.1 Å². The van der Waals surface area contributed by atoms with Gasteiger partial charge in [0.1, 0.15) is 5.82 Å². The number of aryl methyl sites for hydroxylation is 1. The van der Waals surface area contributed by atoms with Crippen LogP contribution in [0.1, 0.15) is 23.6 Å². The van der Waals surface area contributed by atoms with Gasteiger partial charge >= 0.3 is 0 Å². The molecule has 1 atom stereocenters. The minimum atomic E-state index is -0.208. The third kappa shape index (κ3) is 3.56. The van der Waals surface area contributed by atoms with E-state index in [0.717, 1.165) is 5.56 Å². The second kappa shape index (κ2) is 6.58. The molecule has 0 saturated heterocycles. The number of nitrogens with one attached hydrogen (secondary N) is 1. The summed E-state index contributed by atoms with van der Waals surface area (Å²) in [5.74, 6) is -0.208. The first kappa shape index (κ1) is 13.1. The van der Waals surface area contributed by atoms with Gasteiger partial charge in [-0.3, -0.25) is 0 Å². The Morgan fingerprint density at radius 1 is 1.50 bits per heavy atom. The molecule has 1 aromatic carbocycles. The fraction of sp³-hybridized carbons (Fsp3) is 0.500. The summed E-state index contributed by atoms with van der Waals surface area (Å²) in [6.07, 6.45) is 0.671. The number of nitrogens with two attached hydrogens (primary N) is 1. The lowest BCUT2D eigenvalue weighted by Gasteiger charge is -2.17. The lowest BCUT2D eigenvalue weighted by molar-refractivity contribution is 0.283. The Balaban J connectivity index is 2.67. The molecule has 1 aromatic rings. The molecular weight excluding hydrogens is 207 g/mol. The largest absolute Gasteiger partial charge is 0.396 e. The van der Waals surface area contributed by atoms with Crippen LogP contribution >= 0.6 is 0 Å². The van der Waals surface area contributed by atoms with Crippen LogP contribution in [0.15, 0.2) is 18.2 Å². The minimum absolute atomic E-state index is 0.0540. The van der Waals surface area contributed by atoms with Gasteiger partial charge in [-0.1, -0.05) is 12.1 Å². The molecule has 90 valence electrons. The quantitative estimate of drug-likeness (QED) is 0.637. The molecule has 0 aromatic heterocycles. The van der Waals surface area contributed by atoms with E-state index in [-0.39, 0.29) is 18.5 Å². The summed E-state index contributed by atoms with van der Waals surface area (Å²) in [5, 5.41) is 11.9. The molecule has 0 aliphatic heterocycles. The van der Waals surface area contributed by atoms with Crippen molar-refractivity contribution in [2.24, 2.45) is 5.73 Å². The number of hydrogen-bond donors (Lipinski definition) is 3. The highest BCUT2D eigenvalue weighted by molar-refractivity contribution is 5.26. The van der Waals surface area contributed by atoms with E-state index >= 15 is 0 Å². The second-order valence-corrected chi connectivity index (χ2v) is 3.83. The third-order valence-electron chi connectivity index (χ3n) is 2.56. The highest BCUT2D eigenvalue weighted by Gasteiger charge is 2.10. The highest BCUT2D eigenvalue weighted by atomic mass is 19.1. The van der Waals surface area contributed by atoms with Crippen molar-refractivity contribution in [3.05, 3.63) is 35.1 Å². The van der Waals surface area contributed by atoms with E-state index in [2.05, 4.69) is 5.32 Å². The summed E-state index contributed by atoms with van der Waals surface area (Å²) in [6, 6.07) is 5.09. The number of hydrogen-bond acceptors (Lipinski definition) is 3. The molecule has 0 spiro atoms. The van der Waals surface area contributed by atoms with Crippen molar-refractivity contribution in [3.63, 3.8) is 0 Å². The van der Waals surface area contributed by atoms with Crippen LogP contribution in [-0.2, 0) is 0 Å². The third-order valence-corrected chi connectivity index (χ3v) is 2.56. The van der Waals surface area contributed by atoms with Crippen molar-refractivity contribution in [1.29, 1.82) is 0 Å². The molecule has 0 heterocycles. The molecular formula is C12H19FN2O. The number of benzene rings is 1. The highest BCUT2D eigenvalue weighted by Crippen LogP contribution is 2.15. The lowest BCUT2D eigenvalue weighted by Crippen LogP contribution is -2.29. The van der Waals surface area contributed by atoms with Crippen molar-refractivity contribution < 1.29 is 9.50 Å². The smallest absolute Gasteiger partial charge is 0.126 e. The predicted octanol–water partition coefficient (Wildman–Crippen LogP) is 1.11. The van der Waals surface area contributed by atoms with Gasteiger partial charge in [-0.15, -0.1) is 0 Å². The van der Waals surface area contributed by atoms with Crippen LogP contribution in [0, 0.1) is 12.7 Å². The van der Waals surface area contributed by atoms with Gasteiger partial charge in [0.15, 0.2) is 0 Å². The zero-order chi connectivity index (χ0) is 12.0. The van der Waals surface area contributed by atoms with Crippen LogP contribution in [0.3, 0.4) is 0 Å². The van der Waals surface area contributed by atoms with Crippen molar-refractivity contribution >= 4 is 0 Å². The monoisotopic (exact) mass is 226 g/mol. The predicted molar refractivity (Wildman–Crippen MR) is 62.6 cm³/mol. The Kier molecular flexibility index (Phi) is 5.38. The number of aliphatic hydroxyl groups is 1. The first-order valence-electron chi connectivity index (χ1n) is 5.49. The summed E-state index contributed by atoms with van der Waals surface area (Å²) >= 11 is 0. The molecule has 0 amide bonds. The molecule has 0 fully saturated rings. The molecule has 4 heteroatoms. The Labute approximate surface area is 95.5 Å². The number of halogens is 1. The molecule has 0 bridgehead atoms. The van der Waals surface area contributed by atoms with E-state index in [1.165, 1.54) is 6.07 Å². The molecule has 0 radical (unpaired) electrons. The normalized spacial score (nSPS) is 12.8. The van der Waals surface area contributed by atoms with Gasteiger partial charge in [0.2, 0.25) is 0 Å². The van der Waals surface area contributed by atoms with Crippen molar-refractivity contribution in [3.8, 4) is 0 Å². The van der Waals surface area contributed by atoms with Crippen molar-refractivity contribution in [2.45, 2.75) is 19.4 Å². The average Bonchev–Trinajstić information content (AvgIpc) is 2.29. The van der Waals surface area contributed by atoms with Crippen molar-refractivity contribution in [1.82, 2.24) is 5.32 Å². The summed E-state index contributed by atoms with van der Waals surface area (Å²) in [4.78, 5) is 0. The van der Waals surface area contributed by atoms with Gasteiger partial charge in [0, 0.05) is 19.2 Å². The van der Waals surface area contributed by atoms with Crippen LogP contribution in [0.5, 0.6) is 0 Å². The first-order chi connectivity index (χ1) is 7.69. The maximum absolute atomic E-state index is 13.4. The van der Waals surface area contributed by atoms with Gasteiger partial charge in [-0.05, 0) is 37.1 Å². The Morgan fingerprint density at radius 2 is 2.25 bits per heavy atom. The van der Waals surface area contributed by atoms with Crippen LogP contribution in [0.4, 0.5) is 4.39 Å².